The molecule has 27 heavy (non-hydrogen) atoms. The number of aromatic nitrogens is 2. The van der Waals surface area contributed by atoms with Crippen molar-refractivity contribution in [1.82, 2.24) is 15.5 Å². The Morgan fingerprint density at radius 1 is 1.11 bits per heavy atom. The third-order valence-electron chi connectivity index (χ3n) is 4.40. The molecule has 1 fully saturated rings. The molecule has 4 rings (SSSR count). The summed E-state index contributed by atoms with van der Waals surface area (Å²) in [4.78, 5) is 19.0. The first-order valence-electron chi connectivity index (χ1n) is 8.87. The van der Waals surface area contributed by atoms with Crippen LogP contribution in [0.15, 0.2) is 59.3 Å². The summed E-state index contributed by atoms with van der Waals surface area (Å²) in [5, 5.41) is 6.84. The first-order chi connectivity index (χ1) is 13.3. The molecule has 0 bridgehead atoms. The molecular formula is C20H20N4O3. The molecule has 1 saturated heterocycles. The van der Waals surface area contributed by atoms with Crippen molar-refractivity contribution in [2.24, 2.45) is 0 Å². The monoisotopic (exact) mass is 364 g/mol. The largest absolute Gasteiger partial charge is 0.378 e. The van der Waals surface area contributed by atoms with E-state index in [4.69, 9.17) is 9.26 Å². The summed E-state index contributed by atoms with van der Waals surface area (Å²) in [5.74, 6) is 0.793. The predicted molar refractivity (Wildman–Crippen MR) is 100 cm³/mol. The van der Waals surface area contributed by atoms with Crippen LogP contribution in [-0.2, 0) is 11.3 Å². The van der Waals surface area contributed by atoms with E-state index in [1.165, 1.54) is 0 Å². The zero-order valence-corrected chi connectivity index (χ0v) is 14.8. The van der Waals surface area contributed by atoms with Gasteiger partial charge >= 0.3 is 0 Å². The average Bonchev–Trinajstić information content (AvgIpc) is 3.24. The normalized spacial score (nSPS) is 14.1. The summed E-state index contributed by atoms with van der Waals surface area (Å²) in [5.41, 5.74) is 2.52. The standard InChI is InChI=1S/C20H20N4O3/c25-20(18-13-17(23-27-18)16-4-2-1-3-5-16)22-14-15-6-7-21-19(12-15)24-8-10-26-11-9-24/h1-7,12-13H,8-11,14H2,(H,22,25). The lowest BCUT2D eigenvalue weighted by Gasteiger charge is -2.28. The van der Waals surface area contributed by atoms with Crippen molar-refractivity contribution in [3.05, 3.63) is 66.1 Å². The number of carbonyl (C=O) groups excluding carboxylic acids is 1. The fourth-order valence-corrected chi connectivity index (χ4v) is 2.93. The van der Waals surface area contributed by atoms with Gasteiger partial charge in [-0.3, -0.25) is 4.79 Å². The Kier molecular flexibility index (Phi) is 5.11. The van der Waals surface area contributed by atoms with Crippen LogP contribution in [0.2, 0.25) is 0 Å². The number of rotatable bonds is 5. The fourth-order valence-electron chi connectivity index (χ4n) is 2.93. The zero-order chi connectivity index (χ0) is 18.5. The number of ether oxygens (including phenoxy) is 1. The molecule has 0 atom stereocenters. The SMILES string of the molecule is O=C(NCc1ccnc(N2CCOCC2)c1)c1cc(-c2ccccc2)no1. The Bertz CT molecular complexity index is 904. The molecule has 1 N–H and O–H groups in total. The Morgan fingerprint density at radius 2 is 1.93 bits per heavy atom. The van der Waals surface area contributed by atoms with Crippen LogP contribution >= 0.6 is 0 Å². The van der Waals surface area contributed by atoms with Crippen molar-refractivity contribution >= 4 is 11.7 Å². The summed E-state index contributed by atoms with van der Waals surface area (Å²) in [6, 6.07) is 15.1. The average molecular weight is 364 g/mol. The van der Waals surface area contributed by atoms with Gasteiger partial charge in [-0.05, 0) is 17.7 Å². The fraction of sp³-hybridized carbons (Fsp3) is 0.250. The maximum atomic E-state index is 12.4. The van der Waals surface area contributed by atoms with E-state index in [0.717, 1.165) is 30.0 Å². The van der Waals surface area contributed by atoms with E-state index in [2.05, 4.69) is 20.4 Å². The summed E-state index contributed by atoms with van der Waals surface area (Å²) < 4.78 is 10.6. The molecule has 3 aromatic rings. The van der Waals surface area contributed by atoms with E-state index in [1.54, 1.807) is 12.3 Å². The van der Waals surface area contributed by atoms with Gasteiger partial charge in [-0.2, -0.15) is 0 Å². The van der Waals surface area contributed by atoms with Gasteiger partial charge in [0.05, 0.1) is 13.2 Å². The molecule has 0 saturated carbocycles. The minimum absolute atomic E-state index is 0.191. The lowest BCUT2D eigenvalue weighted by molar-refractivity contribution is 0.0914. The summed E-state index contributed by atoms with van der Waals surface area (Å²) in [6.07, 6.45) is 1.76. The number of hydrogen-bond acceptors (Lipinski definition) is 6. The predicted octanol–water partition coefficient (Wildman–Crippen LogP) is 2.50. The van der Waals surface area contributed by atoms with Gasteiger partial charge in [0.15, 0.2) is 0 Å². The summed E-state index contributed by atoms with van der Waals surface area (Å²) in [7, 11) is 0. The molecule has 7 heteroatoms. The molecule has 0 unspecified atom stereocenters. The minimum atomic E-state index is -0.297. The van der Waals surface area contributed by atoms with Crippen LogP contribution in [0.4, 0.5) is 5.82 Å². The van der Waals surface area contributed by atoms with Crippen LogP contribution in [-0.4, -0.2) is 42.4 Å². The van der Waals surface area contributed by atoms with Gasteiger partial charge in [0.25, 0.3) is 5.91 Å². The van der Waals surface area contributed by atoms with Crippen LogP contribution in [0.25, 0.3) is 11.3 Å². The van der Waals surface area contributed by atoms with E-state index in [1.807, 2.05) is 42.5 Å². The molecule has 0 aliphatic carbocycles. The van der Waals surface area contributed by atoms with Crippen molar-refractivity contribution in [2.75, 3.05) is 31.2 Å². The van der Waals surface area contributed by atoms with Crippen LogP contribution in [0.3, 0.4) is 0 Å². The van der Waals surface area contributed by atoms with E-state index in [0.29, 0.717) is 25.5 Å². The van der Waals surface area contributed by atoms with Crippen molar-refractivity contribution in [3.63, 3.8) is 0 Å². The number of hydrogen-bond donors (Lipinski definition) is 1. The van der Waals surface area contributed by atoms with Gasteiger partial charge in [0.2, 0.25) is 5.76 Å². The Morgan fingerprint density at radius 3 is 2.74 bits per heavy atom. The summed E-state index contributed by atoms with van der Waals surface area (Å²) in [6.45, 7) is 3.45. The number of pyridine rings is 1. The zero-order valence-electron chi connectivity index (χ0n) is 14.8. The molecule has 7 nitrogen and oxygen atoms in total. The quantitative estimate of drug-likeness (QED) is 0.749. The van der Waals surface area contributed by atoms with E-state index >= 15 is 0 Å². The number of carbonyl (C=O) groups is 1. The Balaban J connectivity index is 1.39. The number of benzene rings is 1. The smallest absolute Gasteiger partial charge is 0.290 e. The number of nitrogens with one attached hydrogen (secondary N) is 1. The maximum absolute atomic E-state index is 12.4. The lowest BCUT2D eigenvalue weighted by Crippen LogP contribution is -2.36. The molecule has 1 aliphatic rings. The van der Waals surface area contributed by atoms with Gasteiger partial charge in [-0.15, -0.1) is 0 Å². The third kappa shape index (κ3) is 4.15. The second kappa shape index (κ2) is 8.01. The van der Waals surface area contributed by atoms with Crippen molar-refractivity contribution in [1.29, 1.82) is 0 Å². The molecule has 1 aliphatic heterocycles. The van der Waals surface area contributed by atoms with Crippen molar-refractivity contribution in [3.8, 4) is 11.3 Å². The number of nitrogens with zero attached hydrogens (tertiary/aromatic N) is 3. The lowest BCUT2D eigenvalue weighted by atomic mass is 10.1. The highest BCUT2D eigenvalue weighted by atomic mass is 16.5. The van der Waals surface area contributed by atoms with Gasteiger partial charge in [0.1, 0.15) is 11.5 Å². The second-order valence-corrected chi connectivity index (χ2v) is 6.25. The summed E-state index contributed by atoms with van der Waals surface area (Å²) >= 11 is 0. The van der Waals surface area contributed by atoms with Crippen LogP contribution in [0.1, 0.15) is 16.1 Å². The Labute approximate surface area is 156 Å². The molecule has 3 heterocycles. The first kappa shape index (κ1) is 17.2. The molecule has 1 aromatic carbocycles. The van der Waals surface area contributed by atoms with Crippen molar-refractivity contribution in [2.45, 2.75) is 6.54 Å². The van der Waals surface area contributed by atoms with E-state index in [9.17, 15) is 4.79 Å². The van der Waals surface area contributed by atoms with Crippen LogP contribution < -0.4 is 10.2 Å². The number of anilines is 1. The molecular weight excluding hydrogens is 344 g/mol. The third-order valence-corrected chi connectivity index (χ3v) is 4.40. The first-order valence-corrected chi connectivity index (χ1v) is 8.87. The molecule has 0 spiro atoms. The highest BCUT2D eigenvalue weighted by Gasteiger charge is 2.15. The Hall–Kier alpha value is -3.19. The van der Waals surface area contributed by atoms with Gasteiger partial charge < -0.3 is 19.5 Å². The van der Waals surface area contributed by atoms with Crippen molar-refractivity contribution < 1.29 is 14.1 Å². The molecule has 0 radical (unpaired) electrons. The minimum Gasteiger partial charge on any atom is -0.378 e. The molecule has 1 amide bonds. The van der Waals surface area contributed by atoms with Crippen LogP contribution in [0, 0.1) is 0 Å². The van der Waals surface area contributed by atoms with E-state index in [-0.39, 0.29) is 11.7 Å². The van der Waals surface area contributed by atoms with Crippen LogP contribution in [0.5, 0.6) is 0 Å². The van der Waals surface area contributed by atoms with E-state index < -0.39 is 0 Å². The molecule has 2 aromatic heterocycles. The second-order valence-electron chi connectivity index (χ2n) is 6.25. The van der Waals surface area contributed by atoms with Gasteiger partial charge in [-0.1, -0.05) is 35.5 Å². The van der Waals surface area contributed by atoms with Gasteiger partial charge in [-0.25, -0.2) is 4.98 Å². The number of morpholine rings is 1. The molecule has 138 valence electrons. The number of amides is 1. The maximum Gasteiger partial charge on any atom is 0.290 e. The highest BCUT2D eigenvalue weighted by molar-refractivity contribution is 5.92. The van der Waals surface area contributed by atoms with Gasteiger partial charge in [0, 0.05) is 37.5 Å². The highest BCUT2D eigenvalue weighted by Crippen LogP contribution is 2.19. The topological polar surface area (TPSA) is 80.5 Å².